The van der Waals surface area contributed by atoms with E-state index in [1.807, 2.05) is 29.6 Å². The van der Waals surface area contributed by atoms with E-state index in [0.717, 1.165) is 14.8 Å². The molecule has 0 aliphatic carbocycles. The third kappa shape index (κ3) is 4.25. The van der Waals surface area contributed by atoms with Gasteiger partial charge in [0.25, 0.3) is 5.69 Å². The first-order valence-electron chi connectivity index (χ1n) is 7.40. The molecule has 128 valence electrons. The van der Waals surface area contributed by atoms with Crippen LogP contribution in [0, 0.1) is 25.0 Å². The molecule has 6 nitrogen and oxygen atoms in total. The van der Waals surface area contributed by atoms with Crippen LogP contribution in [0.2, 0.25) is 0 Å². The van der Waals surface area contributed by atoms with Gasteiger partial charge in [-0.05, 0) is 59.0 Å². The highest BCUT2D eigenvalue weighted by Crippen LogP contribution is 2.27. The molecule has 1 aromatic heterocycles. The summed E-state index contributed by atoms with van der Waals surface area (Å²) in [5, 5.41) is 25.6. The normalized spacial score (nSPS) is 11.0. The minimum absolute atomic E-state index is 0.0311. The summed E-state index contributed by atoms with van der Waals surface area (Å²) in [4.78, 5) is 14.8. The highest BCUT2D eigenvalue weighted by atomic mass is 127. The number of benzene rings is 2. The van der Waals surface area contributed by atoms with Gasteiger partial charge >= 0.3 is 0 Å². The molecule has 2 aromatic carbocycles. The van der Waals surface area contributed by atoms with Gasteiger partial charge in [-0.3, -0.25) is 10.1 Å². The molecule has 1 heterocycles. The Morgan fingerprint density at radius 2 is 1.92 bits per heavy atom. The van der Waals surface area contributed by atoms with Crippen molar-refractivity contribution in [2.75, 3.05) is 5.32 Å². The molecule has 3 rings (SSSR count). The van der Waals surface area contributed by atoms with Crippen LogP contribution in [0.1, 0.15) is 5.01 Å². The lowest BCUT2D eigenvalue weighted by Crippen LogP contribution is -1.91. The van der Waals surface area contributed by atoms with Crippen molar-refractivity contribution in [1.29, 1.82) is 5.26 Å². The second-order valence-corrected chi connectivity index (χ2v) is 7.27. The van der Waals surface area contributed by atoms with Crippen LogP contribution in [0.4, 0.5) is 11.4 Å². The lowest BCUT2D eigenvalue weighted by atomic mass is 10.1. The molecule has 0 saturated heterocycles. The SMILES string of the molecule is N#C/C(=C\Nc1ccc(I)cc1)c1nc(-c2ccc([N+](=O)[O-])cc2)cs1. The smallest absolute Gasteiger partial charge is 0.269 e. The third-order valence-corrected chi connectivity index (χ3v) is 5.05. The summed E-state index contributed by atoms with van der Waals surface area (Å²) in [6, 6.07) is 16.1. The van der Waals surface area contributed by atoms with Crippen LogP contribution in [-0.2, 0) is 0 Å². The molecule has 0 spiro atoms. The molecule has 0 atom stereocenters. The number of anilines is 1. The molecule has 0 aliphatic rings. The fourth-order valence-electron chi connectivity index (χ4n) is 2.13. The van der Waals surface area contributed by atoms with Crippen LogP contribution in [-0.4, -0.2) is 9.91 Å². The minimum atomic E-state index is -0.441. The van der Waals surface area contributed by atoms with Crippen molar-refractivity contribution in [2.45, 2.75) is 0 Å². The van der Waals surface area contributed by atoms with Gasteiger partial charge in [-0.15, -0.1) is 11.3 Å². The van der Waals surface area contributed by atoms with Crippen molar-refractivity contribution in [3.05, 3.63) is 78.8 Å². The van der Waals surface area contributed by atoms with E-state index in [1.54, 1.807) is 18.3 Å². The van der Waals surface area contributed by atoms with Crippen LogP contribution in [0.25, 0.3) is 16.8 Å². The van der Waals surface area contributed by atoms with Gasteiger partial charge in [-0.2, -0.15) is 5.26 Å². The summed E-state index contributed by atoms with van der Waals surface area (Å²) in [5.74, 6) is 0. The van der Waals surface area contributed by atoms with Crippen LogP contribution >= 0.6 is 33.9 Å². The molecule has 26 heavy (non-hydrogen) atoms. The highest BCUT2D eigenvalue weighted by molar-refractivity contribution is 14.1. The Bertz CT molecular complexity index is 1000. The number of hydrogen-bond donors (Lipinski definition) is 1. The van der Waals surface area contributed by atoms with Crippen molar-refractivity contribution in [3.8, 4) is 17.3 Å². The summed E-state index contributed by atoms with van der Waals surface area (Å²) in [7, 11) is 0. The lowest BCUT2D eigenvalue weighted by molar-refractivity contribution is -0.384. The van der Waals surface area contributed by atoms with Crippen LogP contribution in [0.15, 0.2) is 60.1 Å². The van der Waals surface area contributed by atoms with Gasteiger partial charge in [0.2, 0.25) is 0 Å². The summed E-state index contributed by atoms with van der Waals surface area (Å²) in [5.41, 5.74) is 2.77. The number of halogens is 1. The molecule has 0 aliphatic heterocycles. The molecular weight excluding hydrogens is 463 g/mol. The van der Waals surface area contributed by atoms with Crippen LogP contribution < -0.4 is 5.32 Å². The lowest BCUT2D eigenvalue weighted by Gasteiger charge is -2.01. The largest absolute Gasteiger partial charge is 0.360 e. The van der Waals surface area contributed by atoms with Gasteiger partial charge in [0.05, 0.1) is 10.6 Å². The second kappa shape index (κ2) is 8.07. The monoisotopic (exact) mass is 474 g/mol. The van der Waals surface area contributed by atoms with Crippen LogP contribution in [0.3, 0.4) is 0 Å². The maximum atomic E-state index is 10.7. The van der Waals surface area contributed by atoms with E-state index in [0.29, 0.717) is 16.3 Å². The molecular formula is C18H11IN4O2S. The van der Waals surface area contributed by atoms with Gasteiger partial charge in [-0.1, -0.05) is 0 Å². The summed E-state index contributed by atoms with van der Waals surface area (Å²) in [6.07, 6.45) is 1.63. The fourth-order valence-corrected chi connectivity index (χ4v) is 3.28. The number of nitrogens with one attached hydrogen (secondary N) is 1. The quantitative estimate of drug-likeness (QED) is 0.235. The third-order valence-electron chi connectivity index (χ3n) is 3.46. The number of nitro groups is 1. The van der Waals surface area contributed by atoms with E-state index in [1.165, 1.54) is 23.5 Å². The number of hydrogen-bond acceptors (Lipinski definition) is 6. The predicted octanol–water partition coefficient (Wildman–Crippen LogP) is 5.30. The summed E-state index contributed by atoms with van der Waals surface area (Å²) >= 11 is 3.58. The number of thiazole rings is 1. The van der Waals surface area contributed by atoms with Gasteiger partial charge < -0.3 is 5.32 Å². The zero-order valence-corrected chi connectivity index (χ0v) is 16.2. The Labute approximate surface area is 167 Å². The molecule has 0 radical (unpaired) electrons. The molecule has 0 unspecified atom stereocenters. The Morgan fingerprint density at radius 1 is 1.23 bits per heavy atom. The van der Waals surface area contributed by atoms with Crippen molar-refractivity contribution in [3.63, 3.8) is 0 Å². The predicted molar refractivity (Wildman–Crippen MR) is 111 cm³/mol. The number of nitrogens with zero attached hydrogens (tertiary/aromatic N) is 3. The molecule has 0 amide bonds. The van der Waals surface area contributed by atoms with Gasteiger partial charge in [0.15, 0.2) is 0 Å². The average Bonchev–Trinajstić information content (AvgIpc) is 3.14. The van der Waals surface area contributed by atoms with E-state index in [9.17, 15) is 15.4 Å². The Hall–Kier alpha value is -2.77. The first-order chi connectivity index (χ1) is 12.6. The molecule has 0 fully saturated rings. The van der Waals surface area contributed by atoms with Gasteiger partial charge in [0, 0.05) is 38.5 Å². The fraction of sp³-hybridized carbons (Fsp3) is 0. The molecule has 8 heteroatoms. The van der Waals surface area contributed by atoms with Gasteiger partial charge in [-0.25, -0.2) is 4.98 Å². The first kappa shape index (κ1) is 18.0. The number of rotatable bonds is 5. The van der Waals surface area contributed by atoms with Gasteiger partial charge in [0.1, 0.15) is 16.6 Å². The number of aromatic nitrogens is 1. The van der Waals surface area contributed by atoms with E-state index in [4.69, 9.17) is 0 Å². The van der Waals surface area contributed by atoms with Crippen LogP contribution in [0.5, 0.6) is 0 Å². The van der Waals surface area contributed by atoms with E-state index >= 15 is 0 Å². The van der Waals surface area contributed by atoms with E-state index < -0.39 is 4.92 Å². The van der Waals surface area contributed by atoms with E-state index in [-0.39, 0.29) is 5.69 Å². The Balaban J connectivity index is 1.80. The number of non-ortho nitro benzene ring substituents is 1. The van der Waals surface area contributed by atoms with Crippen molar-refractivity contribution >= 4 is 50.9 Å². The zero-order valence-electron chi connectivity index (χ0n) is 13.2. The van der Waals surface area contributed by atoms with Crippen molar-refractivity contribution in [2.24, 2.45) is 0 Å². The first-order valence-corrected chi connectivity index (χ1v) is 9.36. The summed E-state index contributed by atoms with van der Waals surface area (Å²) in [6.45, 7) is 0. The van der Waals surface area contributed by atoms with Crippen molar-refractivity contribution in [1.82, 2.24) is 4.98 Å². The second-order valence-electron chi connectivity index (χ2n) is 5.16. The standard InChI is InChI=1S/C18H11IN4O2S/c19-14-3-5-15(6-4-14)21-10-13(9-20)18-22-17(11-26-18)12-1-7-16(8-2-12)23(24)25/h1-8,10-11,21H/b13-10+. The Morgan fingerprint density at radius 3 is 2.54 bits per heavy atom. The minimum Gasteiger partial charge on any atom is -0.360 e. The maximum absolute atomic E-state index is 10.7. The Kier molecular flexibility index (Phi) is 5.60. The number of nitriles is 1. The highest BCUT2D eigenvalue weighted by Gasteiger charge is 2.11. The molecule has 1 N–H and O–H groups in total. The number of nitro benzene ring substituents is 1. The molecule has 0 saturated carbocycles. The topological polar surface area (TPSA) is 91.8 Å². The number of allylic oxidation sites excluding steroid dienone is 1. The van der Waals surface area contributed by atoms with E-state index in [2.05, 4.69) is 39.0 Å². The molecule has 0 bridgehead atoms. The maximum Gasteiger partial charge on any atom is 0.269 e. The molecule has 3 aromatic rings. The van der Waals surface area contributed by atoms with Crippen molar-refractivity contribution < 1.29 is 4.92 Å². The summed E-state index contributed by atoms with van der Waals surface area (Å²) < 4.78 is 1.13. The zero-order chi connectivity index (χ0) is 18.5. The average molecular weight is 474 g/mol.